The first kappa shape index (κ1) is 16.4. The number of halogens is 4. The van der Waals surface area contributed by atoms with Gasteiger partial charge in [0, 0.05) is 15.8 Å². The Kier molecular flexibility index (Phi) is 5.07. The number of carbonyl (C=O) groups excluding carboxylic acids is 1. The second kappa shape index (κ2) is 6.83. The smallest absolute Gasteiger partial charge is 0.376 e. The van der Waals surface area contributed by atoms with E-state index in [2.05, 4.69) is 26.6 Å². The van der Waals surface area contributed by atoms with E-state index >= 15 is 0 Å². The Morgan fingerprint density at radius 3 is 2.32 bits per heavy atom. The van der Waals surface area contributed by atoms with Gasteiger partial charge in [-0.2, -0.15) is 13.2 Å². The van der Waals surface area contributed by atoms with Gasteiger partial charge in [0.1, 0.15) is 0 Å². The summed E-state index contributed by atoms with van der Waals surface area (Å²) in [6.07, 6.45) is -4.47. The second-order valence-corrected chi connectivity index (χ2v) is 5.37. The van der Waals surface area contributed by atoms with Crippen molar-refractivity contribution < 1.29 is 18.0 Å². The predicted octanol–water partition coefficient (Wildman–Crippen LogP) is 4.52. The van der Waals surface area contributed by atoms with Crippen LogP contribution in [0.15, 0.2) is 53.0 Å². The number of amides is 1. The molecule has 0 aliphatic rings. The molecule has 2 N–H and O–H groups in total. The SMILES string of the molecule is O=C(CNc1ccccc1C(F)(F)F)Nc1ccc(Br)cc1. The summed E-state index contributed by atoms with van der Waals surface area (Å²) in [4.78, 5) is 11.8. The molecule has 0 fully saturated rings. The van der Waals surface area contributed by atoms with Gasteiger partial charge >= 0.3 is 6.18 Å². The van der Waals surface area contributed by atoms with Gasteiger partial charge in [-0.1, -0.05) is 28.1 Å². The van der Waals surface area contributed by atoms with Crippen molar-refractivity contribution in [1.29, 1.82) is 0 Å². The third-order valence-corrected chi connectivity index (χ3v) is 3.33. The topological polar surface area (TPSA) is 41.1 Å². The van der Waals surface area contributed by atoms with Gasteiger partial charge < -0.3 is 10.6 Å². The highest BCUT2D eigenvalue weighted by Gasteiger charge is 2.33. The number of carbonyl (C=O) groups is 1. The van der Waals surface area contributed by atoms with E-state index in [0.29, 0.717) is 5.69 Å². The van der Waals surface area contributed by atoms with E-state index in [-0.39, 0.29) is 12.2 Å². The van der Waals surface area contributed by atoms with Crippen molar-refractivity contribution in [3.63, 3.8) is 0 Å². The summed E-state index contributed by atoms with van der Waals surface area (Å²) < 4.78 is 39.3. The van der Waals surface area contributed by atoms with Crippen LogP contribution < -0.4 is 10.6 Å². The number of hydrogen-bond acceptors (Lipinski definition) is 2. The van der Waals surface area contributed by atoms with E-state index in [0.717, 1.165) is 10.5 Å². The van der Waals surface area contributed by atoms with Crippen molar-refractivity contribution in [3.8, 4) is 0 Å². The van der Waals surface area contributed by atoms with Crippen molar-refractivity contribution in [2.24, 2.45) is 0 Å². The van der Waals surface area contributed by atoms with Crippen LogP contribution in [0.4, 0.5) is 24.5 Å². The first-order valence-corrected chi connectivity index (χ1v) is 7.11. The molecular weight excluding hydrogens is 361 g/mol. The summed E-state index contributed by atoms with van der Waals surface area (Å²) in [7, 11) is 0. The van der Waals surface area contributed by atoms with Crippen molar-refractivity contribution in [2.75, 3.05) is 17.2 Å². The predicted molar refractivity (Wildman–Crippen MR) is 82.7 cm³/mol. The maximum Gasteiger partial charge on any atom is 0.418 e. The highest BCUT2D eigenvalue weighted by Crippen LogP contribution is 2.34. The van der Waals surface area contributed by atoms with E-state index in [4.69, 9.17) is 0 Å². The molecule has 0 aromatic heterocycles. The highest BCUT2D eigenvalue weighted by molar-refractivity contribution is 9.10. The van der Waals surface area contributed by atoms with Crippen LogP contribution >= 0.6 is 15.9 Å². The van der Waals surface area contributed by atoms with Crippen molar-refractivity contribution in [3.05, 3.63) is 58.6 Å². The second-order valence-electron chi connectivity index (χ2n) is 4.45. The molecule has 0 saturated carbocycles. The maximum absolute atomic E-state index is 12.8. The third-order valence-electron chi connectivity index (χ3n) is 2.80. The fourth-order valence-corrected chi connectivity index (χ4v) is 2.06. The monoisotopic (exact) mass is 372 g/mol. The molecule has 1 amide bonds. The largest absolute Gasteiger partial charge is 0.418 e. The Hall–Kier alpha value is -2.02. The fourth-order valence-electron chi connectivity index (χ4n) is 1.80. The van der Waals surface area contributed by atoms with Crippen LogP contribution in [0.1, 0.15) is 5.56 Å². The number of nitrogens with one attached hydrogen (secondary N) is 2. The number of rotatable bonds is 4. The molecule has 116 valence electrons. The molecule has 0 unspecified atom stereocenters. The molecule has 0 aliphatic heterocycles. The van der Waals surface area contributed by atoms with Gasteiger partial charge in [0.05, 0.1) is 12.1 Å². The Balaban J connectivity index is 1.98. The van der Waals surface area contributed by atoms with Crippen molar-refractivity contribution in [1.82, 2.24) is 0 Å². The normalized spacial score (nSPS) is 11.1. The van der Waals surface area contributed by atoms with Gasteiger partial charge in [-0.25, -0.2) is 0 Å². The van der Waals surface area contributed by atoms with Gasteiger partial charge in [0.2, 0.25) is 5.91 Å². The minimum atomic E-state index is -4.47. The first-order valence-electron chi connectivity index (χ1n) is 6.32. The average molecular weight is 373 g/mol. The molecule has 3 nitrogen and oxygen atoms in total. The summed E-state index contributed by atoms with van der Waals surface area (Å²) in [5.41, 5.74) is -0.355. The summed E-state index contributed by atoms with van der Waals surface area (Å²) in [5, 5.41) is 5.10. The number of benzene rings is 2. The quantitative estimate of drug-likeness (QED) is 0.828. The molecule has 0 heterocycles. The summed E-state index contributed by atoms with van der Waals surface area (Å²) in [6.45, 7) is -0.261. The number of alkyl halides is 3. The lowest BCUT2D eigenvalue weighted by molar-refractivity contribution is -0.137. The molecule has 22 heavy (non-hydrogen) atoms. The van der Waals surface area contributed by atoms with Gasteiger partial charge in [-0.05, 0) is 36.4 Å². The maximum atomic E-state index is 12.8. The van der Waals surface area contributed by atoms with Crippen molar-refractivity contribution in [2.45, 2.75) is 6.18 Å². The first-order chi connectivity index (χ1) is 10.4. The summed E-state index contributed by atoms with van der Waals surface area (Å²) in [5.74, 6) is -0.431. The minimum Gasteiger partial charge on any atom is -0.376 e. The molecular formula is C15H12BrF3N2O. The lowest BCUT2D eigenvalue weighted by Crippen LogP contribution is -2.23. The average Bonchev–Trinajstić information content (AvgIpc) is 2.47. The van der Waals surface area contributed by atoms with Gasteiger partial charge in [0.25, 0.3) is 0 Å². The number of hydrogen-bond donors (Lipinski definition) is 2. The zero-order valence-electron chi connectivity index (χ0n) is 11.2. The van der Waals surface area contributed by atoms with Crippen molar-refractivity contribution >= 4 is 33.2 Å². The summed E-state index contributed by atoms with van der Waals surface area (Å²) >= 11 is 3.27. The molecule has 2 aromatic rings. The lowest BCUT2D eigenvalue weighted by atomic mass is 10.1. The van der Waals surface area contributed by atoms with Crippen LogP contribution in [0.5, 0.6) is 0 Å². The van der Waals surface area contributed by atoms with E-state index in [1.807, 2.05) is 0 Å². The molecule has 0 radical (unpaired) electrons. The van der Waals surface area contributed by atoms with Crippen LogP contribution in [-0.4, -0.2) is 12.5 Å². The molecule has 0 bridgehead atoms. The zero-order valence-corrected chi connectivity index (χ0v) is 12.8. The van der Waals surface area contributed by atoms with Crippen LogP contribution in [0.25, 0.3) is 0 Å². The molecule has 7 heteroatoms. The lowest BCUT2D eigenvalue weighted by Gasteiger charge is -2.14. The molecule has 0 spiro atoms. The molecule has 0 saturated heterocycles. The molecule has 0 aliphatic carbocycles. The van der Waals surface area contributed by atoms with E-state index in [9.17, 15) is 18.0 Å². The van der Waals surface area contributed by atoms with Gasteiger partial charge in [0.15, 0.2) is 0 Å². The van der Waals surface area contributed by atoms with E-state index < -0.39 is 17.6 Å². The number of anilines is 2. The Morgan fingerprint density at radius 1 is 1.05 bits per heavy atom. The number of para-hydroxylation sites is 1. The highest BCUT2D eigenvalue weighted by atomic mass is 79.9. The van der Waals surface area contributed by atoms with Gasteiger partial charge in [-0.3, -0.25) is 4.79 Å². The van der Waals surface area contributed by atoms with Crippen LogP contribution in [-0.2, 0) is 11.0 Å². The zero-order chi connectivity index (χ0) is 16.2. The standard InChI is InChI=1S/C15H12BrF3N2O/c16-10-5-7-11(8-6-10)21-14(22)9-20-13-4-2-1-3-12(13)15(17,18)19/h1-8,20H,9H2,(H,21,22). The van der Waals surface area contributed by atoms with E-state index in [1.54, 1.807) is 24.3 Å². The summed E-state index contributed by atoms with van der Waals surface area (Å²) in [6, 6.07) is 11.9. The van der Waals surface area contributed by atoms with Crippen LogP contribution in [0.3, 0.4) is 0 Å². The molecule has 0 atom stereocenters. The molecule has 2 rings (SSSR count). The van der Waals surface area contributed by atoms with E-state index in [1.165, 1.54) is 18.2 Å². The Bertz CT molecular complexity index is 657. The minimum absolute atomic E-state index is 0.124. The van der Waals surface area contributed by atoms with Gasteiger partial charge in [-0.15, -0.1) is 0 Å². The Labute approximate surface area is 133 Å². The van der Waals surface area contributed by atoms with Crippen LogP contribution in [0, 0.1) is 0 Å². The fraction of sp³-hybridized carbons (Fsp3) is 0.133. The van der Waals surface area contributed by atoms with Crippen LogP contribution in [0.2, 0.25) is 0 Å². The Morgan fingerprint density at radius 2 is 1.68 bits per heavy atom. The molecule has 2 aromatic carbocycles. The third kappa shape index (κ3) is 4.49.